The van der Waals surface area contributed by atoms with Crippen LogP contribution >= 0.6 is 0 Å². The van der Waals surface area contributed by atoms with Gasteiger partial charge in [0.1, 0.15) is 6.61 Å². The molecule has 0 spiro atoms. The molecule has 0 radical (unpaired) electrons. The summed E-state index contributed by atoms with van der Waals surface area (Å²) < 4.78 is 21.1. The van der Waals surface area contributed by atoms with Gasteiger partial charge < -0.3 is 23.8 Å². The normalized spacial score (nSPS) is 19.7. The Morgan fingerprint density at radius 3 is 1.34 bits per heavy atom. The predicted octanol–water partition coefficient (Wildman–Crippen LogP) is 12.1. The van der Waals surface area contributed by atoms with Crippen LogP contribution in [0.15, 0.2) is 0 Å². The largest absolute Gasteiger partial charge is 0.381 e. The maximum atomic E-state index is 5.55. The molecule has 0 unspecified atom stereocenters. The third kappa shape index (κ3) is 43.7. The summed E-state index contributed by atoms with van der Waals surface area (Å²) in [7, 11) is 1.65. The third-order valence-electron chi connectivity index (χ3n) is 9.72. The summed E-state index contributed by atoms with van der Waals surface area (Å²) in [6, 6.07) is 0. The summed E-state index contributed by atoms with van der Waals surface area (Å²) in [6.07, 6.45) is 12.6. The minimum absolute atomic E-state index is 0.0720. The molecule has 0 amide bonds. The van der Waals surface area contributed by atoms with Crippen LogP contribution in [0.25, 0.3) is 0 Å². The zero-order valence-corrected chi connectivity index (χ0v) is 43.4. The van der Waals surface area contributed by atoms with Crippen LogP contribution in [0.3, 0.4) is 0 Å². The molecule has 0 aromatic rings. The molecule has 5 rings (SSSR count). The predicted molar refractivity (Wildman–Crippen MR) is 258 cm³/mol. The molecule has 0 aromatic heterocycles. The fraction of sp³-hybridized carbons (Fsp3) is 0.962. The first-order valence-electron chi connectivity index (χ1n) is 24.0. The average Bonchev–Trinajstić information content (AvgIpc) is 4.03. The number of likely N-dealkylation sites (tertiary alicyclic amines) is 2. The van der Waals surface area contributed by atoms with Gasteiger partial charge in [-0.05, 0) is 168 Å². The van der Waals surface area contributed by atoms with Crippen LogP contribution in [0.4, 0.5) is 0 Å². The molecule has 0 atom stereocenters. The lowest BCUT2D eigenvalue weighted by atomic mass is 9.96. The molecule has 7 nitrogen and oxygen atoms in total. The Bertz CT molecular complexity index is 1060. The number of hydrogen-bond acceptors (Lipinski definition) is 7. The molecule has 2 aliphatic carbocycles. The Labute approximate surface area is 370 Å². The molecule has 5 fully saturated rings. The Kier molecular flexibility index (Phi) is 28.5. The molecule has 0 bridgehead atoms. The molecule has 3 saturated heterocycles. The second kappa shape index (κ2) is 28.9. The third-order valence-corrected chi connectivity index (χ3v) is 9.72. The highest BCUT2D eigenvalue weighted by atomic mass is 16.5. The van der Waals surface area contributed by atoms with Gasteiger partial charge in [-0.25, -0.2) is 0 Å². The van der Waals surface area contributed by atoms with Crippen molar-refractivity contribution in [1.29, 1.82) is 0 Å². The number of morpholine rings is 1. The van der Waals surface area contributed by atoms with Gasteiger partial charge >= 0.3 is 0 Å². The molecule has 5 aliphatic rings. The number of nitrogens with zero attached hydrogens (tertiary/aromatic N) is 3. The minimum atomic E-state index is 0.0720. The number of ether oxygens (including phenoxy) is 4. The van der Waals surface area contributed by atoms with Gasteiger partial charge in [0.15, 0.2) is 0 Å². The maximum absolute atomic E-state index is 5.55. The van der Waals surface area contributed by atoms with Crippen LogP contribution in [0.1, 0.15) is 182 Å². The van der Waals surface area contributed by atoms with Crippen molar-refractivity contribution in [2.45, 2.75) is 194 Å². The lowest BCUT2D eigenvalue weighted by Gasteiger charge is -2.38. The molecule has 3 aliphatic heterocycles. The summed E-state index contributed by atoms with van der Waals surface area (Å²) in [5, 5.41) is 0. The quantitative estimate of drug-likeness (QED) is 0.226. The fourth-order valence-corrected chi connectivity index (χ4v) is 6.45. The van der Waals surface area contributed by atoms with Crippen LogP contribution in [-0.4, -0.2) is 125 Å². The highest BCUT2D eigenvalue weighted by Crippen LogP contribution is 2.30. The molecule has 59 heavy (non-hydrogen) atoms. The van der Waals surface area contributed by atoms with Crippen LogP contribution in [0, 0.1) is 45.3 Å². The van der Waals surface area contributed by atoms with E-state index in [0.717, 1.165) is 58.0 Å². The smallest absolute Gasteiger partial charge is 0.107 e. The van der Waals surface area contributed by atoms with Gasteiger partial charge in [-0.3, -0.25) is 9.80 Å². The van der Waals surface area contributed by atoms with Crippen molar-refractivity contribution in [2.24, 2.45) is 33.5 Å². The summed E-state index contributed by atoms with van der Waals surface area (Å²) in [5.41, 5.74) is 1.85. The Morgan fingerprint density at radius 1 is 0.542 bits per heavy atom. The van der Waals surface area contributed by atoms with Crippen molar-refractivity contribution in [3.8, 4) is 11.8 Å². The van der Waals surface area contributed by atoms with Gasteiger partial charge in [-0.1, -0.05) is 80.6 Å². The lowest BCUT2D eigenvalue weighted by Crippen LogP contribution is -2.44. The van der Waals surface area contributed by atoms with Crippen molar-refractivity contribution in [3.63, 3.8) is 0 Å². The molecule has 0 N–H and O–H groups in total. The van der Waals surface area contributed by atoms with Crippen molar-refractivity contribution in [2.75, 3.05) is 99.1 Å². The lowest BCUT2D eigenvalue weighted by molar-refractivity contribution is -0.00879. The molecule has 352 valence electrons. The second-order valence-electron chi connectivity index (χ2n) is 24.6. The van der Waals surface area contributed by atoms with E-state index < -0.39 is 0 Å². The molecule has 7 heteroatoms. The van der Waals surface area contributed by atoms with E-state index in [1.807, 2.05) is 0 Å². The maximum Gasteiger partial charge on any atom is 0.107 e. The van der Waals surface area contributed by atoms with Crippen LogP contribution < -0.4 is 0 Å². The molecular weight excluding hydrogens is 731 g/mol. The molecule has 0 aromatic carbocycles. The first kappa shape index (κ1) is 58.3. The van der Waals surface area contributed by atoms with Crippen LogP contribution in [0.2, 0.25) is 0 Å². The molecule has 2 saturated carbocycles. The monoisotopic (exact) mass is 836 g/mol. The molecule has 3 heterocycles. The van der Waals surface area contributed by atoms with Gasteiger partial charge in [0.05, 0.1) is 32.0 Å². The van der Waals surface area contributed by atoms with Crippen molar-refractivity contribution < 1.29 is 18.9 Å². The van der Waals surface area contributed by atoms with E-state index in [0.29, 0.717) is 28.4 Å². The number of methoxy groups -OCH3 is 1. The van der Waals surface area contributed by atoms with E-state index in [-0.39, 0.29) is 11.0 Å². The first-order chi connectivity index (χ1) is 27.0. The van der Waals surface area contributed by atoms with Crippen LogP contribution in [-0.2, 0) is 18.9 Å². The number of piperidine rings is 1. The average molecular weight is 836 g/mol. The zero-order chi connectivity index (χ0) is 45.4. The van der Waals surface area contributed by atoms with E-state index in [4.69, 9.17) is 18.9 Å². The van der Waals surface area contributed by atoms with Gasteiger partial charge in [-0.15, -0.1) is 0 Å². The zero-order valence-electron chi connectivity index (χ0n) is 43.4. The van der Waals surface area contributed by atoms with Gasteiger partial charge in [0.2, 0.25) is 0 Å². The highest BCUT2D eigenvalue weighted by Gasteiger charge is 2.25. The van der Waals surface area contributed by atoms with Gasteiger partial charge in [0, 0.05) is 50.8 Å². The van der Waals surface area contributed by atoms with E-state index in [1.54, 1.807) is 7.11 Å². The Morgan fingerprint density at radius 2 is 0.983 bits per heavy atom. The molecular formula is C52H105N3O4. The topological polar surface area (TPSA) is 46.6 Å². The minimum Gasteiger partial charge on any atom is -0.381 e. The van der Waals surface area contributed by atoms with Crippen molar-refractivity contribution in [1.82, 2.24) is 14.7 Å². The van der Waals surface area contributed by atoms with Crippen molar-refractivity contribution >= 4 is 0 Å². The highest BCUT2D eigenvalue weighted by molar-refractivity contribution is 5.07. The van der Waals surface area contributed by atoms with E-state index in [1.165, 1.54) is 97.1 Å². The van der Waals surface area contributed by atoms with Gasteiger partial charge in [0.25, 0.3) is 0 Å². The summed E-state index contributed by atoms with van der Waals surface area (Å²) in [5.74, 6) is 7.75. The summed E-state index contributed by atoms with van der Waals surface area (Å²) >= 11 is 0. The second-order valence-corrected chi connectivity index (χ2v) is 24.6. The summed E-state index contributed by atoms with van der Waals surface area (Å²) in [6.45, 7) is 55.1. The number of hydrogen-bond donors (Lipinski definition) is 0. The van der Waals surface area contributed by atoms with E-state index in [2.05, 4.69) is 151 Å². The Hall–Kier alpha value is -0.720. The Balaban J connectivity index is 0.000000685. The SMILES string of the molecule is CC(C)(C)CN1CCCC1.CC(C)(C)CN1CCOCC1.CC(C)(C)COCC1CC1.CC(C)(C)N1CCCCC1.CC(C)(C)OCC1CC1.COCC#CC(C)(C)C. The van der Waals surface area contributed by atoms with Gasteiger partial charge in [-0.2, -0.15) is 0 Å². The van der Waals surface area contributed by atoms with E-state index in [9.17, 15) is 0 Å². The van der Waals surface area contributed by atoms with Crippen molar-refractivity contribution in [3.05, 3.63) is 0 Å². The fourth-order valence-electron chi connectivity index (χ4n) is 6.45. The first-order valence-corrected chi connectivity index (χ1v) is 24.0. The summed E-state index contributed by atoms with van der Waals surface area (Å²) in [4.78, 5) is 7.62. The van der Waals surface area contributed by atoms with E-state index >= 15 is 0 Å². The number of rotatable bonds is 8. The van der Waals surface area contributed by atoms with Crippen LogP contribution in [0.5, 0.6) is 0 Å². The standard InChI is InChI=1S/C9H19NO.2C9H19N.C9H18O.C8H16O.C8H14O/c1-9(2,3)8-10-4-6-11-7-5-10;1-9(2,3)8-10-6-4-5-7-10;1-9(2,3)10-7-5-4-6-8-10;1-9(2,3)7-10-6-8-4-5-8;1-8(2,3)9-6-7-4-5-7;1-8(2,3)6-5-7-9-4/h4-8H2,1-3H3;2*4-8H2,1-3H3;8H,4-7H2,1-3H3;7H,4-6H2,1-3H3;7H2,1-4H3.